The van der Waals surface area contributed by atoms with Crippen LogP contribution < -0.4 is 4.72 Å². The van der Waals surface area contributed by atoms with Crippen LogP contribution in [0.15, 0.2) is 71.8 Å². The van der Waals surface area contributed by atoms with Gasteiger partial charge < -0.3 is 0 Å². The van der Waals surface area contributed by atoms with Gasteiger partial charge in [0.15, 0.2) is 0 Å². The maximum absolute atomic E-state index is 12.5. The van der Waals surface area contributed by atoms with Gasteiger partial charge in [-0.1, -0.05) is 59.6 Å². The maximum atomic E-state index is 12.5. The molecule has 0 aliphatic rings. The van der Waals surface area contributed by atoms with Crippen LogP contribution in [0.1, 0.15) is 11.1 Å². The monoisotopic (exact) mass is 372 g/mol. The topological polar surface area (TPSA) is 59.1 Å². The molecule has 3 aromatic rings. The number of nitrogens with one attached hydrogen (secondary N) is 1. The lowest BCUT2D eigenvalue weighted by Crippen LogP contribution is -2.24. The summed E-state index contributed by atoms with van der Waals surface area (Å²) in [7, 11) is -3.70. The summed E-state index contributed by atoms with van der Waals surface area (Å²) < 4.78 is 27.6. The number of rotatable bonds is 5. The molecular formula is C19H17ClN2O2S. The third-order valence-corrected chi connectivity index (χ3v) is 5.70. The third kappa shape index (κ3) is 4.07. The number of benzene rings is 2. The van der Waals surface area contributed by atoms with Gasteiger partial charge in [0.2, 0.25) is 10.0 Å². The lowest BCUT2D eigenvalue weighted by molar-refractivity contribution is 0.581. The van der Waals surface area contributed by atoms with E-state index in [9.17, 15) is 8.42 Å². The molecule has 4 nitrogen and oxygen atoms in total. The number of pyridine rings is 1. The minimum Gasteiger partial charge on any atom is -0.256 e. The molecule has 1 aromatic heterocycles. The number of nitrogens with zero attached hydrogens (tertiary/aromatic N) is 1. The summed E-state index contributed by atoms with van der Waals surface area (Å²) in [6.07, 6.45) is 1.70. The Morgan fingerprint density at radius 3 is 2.44 bits per heavy atom. The Kier molecular flexibility index (Phi) is 5.18. The normalized spacial score (nSPS) is 11.4. The van der Waals surface area contributed by atoms with Crippen LogP contribution in [0.4, 0.5) is 0 Å². The standard InChI is InChI=1S/C19H17ClN2O2S/c1-14-8-10-15(11-9-14)19-16(5-4-12-21-19)13-22-25(23,24)18-7-3-2-6-17(18)20/h2-12,22H,13H2,1H3. The van der Waals surface area contributed by atoms with E-state index in [1.807, 2.05) is 37.3 Å². The molecule has 0 fully saturated rings. The SMILES string of the molecule is Cc1ccc(-c2ncccc2CNS(=O)(=O)c2ccccc2Cl)cc1. The summed E-state index contributed by atoms with van der Waals surface area (Å²) in [5.74, 6) is 0. The fraction of sp³-hybridized carbons (Fsp3) is 0.105. The van der Waals surface area contributed by atoms with Gasteiger partial charge in [-0.3, -0.25) is 4.98 Å². The molecule has 2 aromatic carbocycles. The van der Waals surface area contributed by atoms with Crippen LogP contribution in [0.25, 0.3) is 11.3 Å². The maximum Gasteiger partial charge on any atom is 0.242 e. The van der Waals surface area contributed by atoms with E-state index in [-0.39, 0.29) is 16.5 Å². The van der Waals surface area contributed by atoms with Crippen LogP contribution in [0.3, 0.4) is 0 Å². The van der Waals surface area contributed by atoms with Crippen molar-refractivity contribution in [2.24, 2.45) is 0 Å². The van der Waals surface area contributed by atoms with E-state index in [1.165, 1.54) is 6.07 Å². The van der Waals surface area contributed by atoms with Gasteiger partial charge in [0.25, 0.3) is 0 Å². The Balaban J connectivity index is 1.87. The van der Waals surface area contributed by atoms with Gasteiger partial charge in [0, 0.05) is 18.3 Å². The van der Waals surface area contributed by atoms with Crippen molar-refractivity contribution in [3.63, 3.8) is 0 Å². The van der Waals surface area contributed by atoms with Crippen molar-refractivity contribution in [2.75, 3.05) is 0 Å². The molecule has 3 rings (SSSR count). The van der Waals surface area contributed by atoms with E-state index in [0.717, 1.165) is 22.4 Å². The summed E-state index contributed by atoms with van der Waals surface area (Å²) in [6.45, 7) is 2.14. The lowest BCUT2D eigenvalue weighted by atomic mass is 10.0. The number of hydrogen-bond donors (Lipinski definition) is 1. The molecule has 0 bridgehead atoms. The number of sulfonamides is 1. The van der Waals surface area contributed by atoms with Gasteiger partial charge in [-0.2, -0.15) is 0 Å². The summed E-state index contributed by atoms with van der Waals surface area (Å²) >= 11 is 6.00. The van der Waals surface area contributed by atoms with Gasteiger partial charge in [0.05, 0.1) is 10.7 Å². The van der Waals surface area contributed by atoms with Gasteiger partial charge in [-0.15, -0.1) is 0 Å². The number of aryl methyl sites for hydroxylation is 1. The van der Waals surface area contributed by atoms with E-state index in [2.05, 4.69) is 9.71 Å². The molecule has 0 unspecified atom stereocenters. The highest BCUT2D eigenvalue weighted by Crippen LogP contribution is 2.23. The van der Waals surface area contributed by atoms with Gasteiger partial charge in [0.1, 0.15) is 4.90 Å². The van der Waals surface area contributed by atoms with Crippen molar-refractivity contribution in [3.05, 3.63) is 83.0 Å². The Hall–Kier alpha value is -2.21. The Morgan fingerprint density at radius 2 is 1.72 bits per heavy atom. The minimum atomic E-state index is -3.70. The summed E-state index contributed by atoms with van der Waals surface area (Å²) in [5, 5.41) is 0.194. The molecule has 25 heavy (non-hydrogen) atoms. The highest BCUT2D eigenvalue weighted by molar-refractivity contribution is 7.89. The largest absolute Gasteiger partial charge is 0.256 e. The van der Waals surface area contributed by atoms with Crippen LogP contribution in [0, 0.1) is 6.92 Å². The van der Waals surface area contributed by atoms with Crippen molar-refractivity contribution in [2.45, 2.75) is 18.4 Å². The highest BCUT2D eigenvalue weighted by Gasteiger charge is 2.18. The molecule has 0 spiro atoms. The molecule has 0 saturated heterocycles. The summed E-state index contributed by atoms with van der Waals surface area (Å²) in [4.78, 5) is 4.48. The van der Waals surface area contributed by atoms with Gasteiger partial charge in [-0.05, 0) is 30.7 Å². The third-order valence-electron chi connectivity index (χ3n) is 3.80. The molecule has 1 heterocycles. The van der Waals surface area contributed by atoms with Crippen molar-refractivity contribution in [3.8, 4) is 11.3 Å². The first-order chi connectivity index (χ1) is 12.0. The van der Waals surface area contributed by atoms with Crippen molar-refractivity contribution < 1.29 is 8.42 Å². The molecule has 0 atom stereocenters. The highest BCUT2D eigenvalue weighted by atomic mass is 35.5. The Labute approximate surface area is 152 Å². The number of hydrogen-bond acceptors (Lipinski definition) is 3. The lowest BCUT2D eigenvalue weighted by Gasteiger charge is -2.11. The van der Waals surface area contributed by atoms with Crippen LogP contribution in [-0.2, 0) is 16.6 Å². The van der Waals surface area contributed by atoms with E-state index in [4.69, 9.17) is 11.6 Å². The van der Waals surface area contributed by atoms with Crippen LogP contribution in [-0.4, -0.2) is 13.4 Å². The summed E-state index contributed by atoms with van der Waals surface area (Å²) in [5.41, 5.74) is 3.64. The second-order valence-corrected chi connectivity index (χ2v) is 7.77. The van der Waals surface area contributed by atoms with Gasteiger partial charge >= 0.3 is 0 Å². The number of halogens is 1. The van der Waals surface area contributed by atoms with Crippen molar-refractivity contribution in [1.82, 2.24) is 9.71 Å². The fourth-order valence-electron chi connectivity index (χ4n) is 2.47. The fourth-order valence-corrected chi connectivity index (χ4v) is 3.99. The molecule has 0 amide bonds. The Morgan fingerprint density at radius 1 is 1.00 bits per heavy atom. The first kappa shape index (κ1) is 17.6. The molecular weight excluding hydrogens is 356 g/mol. The van der Waals surface area contributed by atoms with Crippen molar-refractivity contribution >= 4 is 21.6 Å². The van der Waals surface area contributed by atoms with Crippen LogP contribution in [0.5, 0.6) is 0 Å². The summed E-state index contributed by atoms with van der Waals surface area (Å²) in [6, 6.07) is 18.0. The molecule has 128 valence electrons. The molecule has 0 aliphatic heterocycles. The number of aromatic nitrogens is 1. The average molecular weight is 373 g/mol. The minimum absolute atomic E-state index is 0.0671. The van der Waals surface area contributed by atoms with E-state index < -0.39 is 10.0 Å². The predicted molar refractivity (Wildman–Crippen MR) is 99.9 cm³/mol. The molecule has 0 aliphatic carbocycles. The molecule has 0 saturated carbocycles. The second-order valence-electron chi connectivity index (χ2n) is 5.63. The van der Waals surface area contributed by atoms with Crippen LogP contribution >= 0.6 is 11.6 Å². The van der Waals surface area contributed by atoms with Gasteiger partial charge in [-0.25, -0.2) is 13.1 Å². The van der Waals surface area contributed by atoms with E-state index in [1.54, 1.807) is 30.5 Å². The first-order valence-electron chi connectivity index (χ1n) is 7.72. The zero-order chi connectivity index (χ0) is 17.9. The molecule has 1 N–H and O–H groups in total. The predicted octanol–water partition coefficient (Wildman–Crippen LogP) is 4.19. The molecule has 6 heteroatoms. The first-order valence-corrected chi connectivity index (χ1v) is 9.58. The quantitative estimate of drug-likeness (QED) is 0.730. The van der Waals surface area contributed by atoms with Crippen LogP contribution in [0.2, 0.25) is 5.02 Å². The average Bonchev–Trinajstić information content (AvgIpc) is 2.61. The van der Waals surface area contributed by atoms with Crippen molar-refractivity contribution in [1.29, 1.82) is 0 Å². The van der Waals surface area contributed by atoms with E-state index >= 15 is 0 Å². The zero-order valence-electron chi connectivity index (χ0n) is 13.6. The molecule has 0 radical (unpaired) electrons. The second kappa shape index (κ2) is 7.35. The Bertz CT molecular complexity index is 986. The zero-order valence-corrected chi connectivity index (χ0v) is 15.2. The van der Waals surface area contributed by atoms with E-state index in [0.29, 0.717) is 0 Å². The smallest absolute Gasteiger partial charge is 0.242 e.